The van der Waals surface area contributed by atoms with E-state index in [1.807, 2.05) is 28.2 Å². The molecule has 0 saturated heterocycles. The minimum atomic E-state index is 0.149. The summed E-state index contributed by atoms with van der Waals surface area (Å²) < 4.78 is 33.3. The molecule has 0 radical (unpaired) electrons. The van der Waals surface area contributed by atoms with Gasteiger partial charge in [-0.3, -0.25) is 0 Å². The van der Waals surface area contributed by atoms with Gasteiger partial charge in [-0.25, -0.2) is 0 Å². The highest BCUT2D eigenvalue weighted by Crippen LogP contribution is 2.16. The van der Waals surface area contributed by atoms with E-state index < -0.39 is 0 Å². The van der Waals surface area contributed by atoms with Gasteiger partial charge in [0.2, 0.25) is 11.9 Å². The van der Waals surface area contributed by atoms with Gasteiger partial charge >= 0.3 is 24.0 Å². The average molecular weight is 452 g/mol. The summed E-state index contributed by atoms with van der Waals surface area (Å²) in [6.45, 7) is 2.22. The number of rotatable bonds is 2. The monoisotopic (exact) mass is 452 g/mol. The predicted octanol–water partition coefficient (Wildman–Crippen LogP) is -0.549. The molecule has 14 heteroatoms. The van der Waals surface area contributed by atoms with Gasteiger partial charge in [0.1, 0.15) is 26.4 Å². The Bertz CT molecular complexity index is 734. The summed E-state index contributed by atoms with van der Waals surface area (Å²) in [5, 5.41) is 0. The molecule has 0 amide bonds. The molecule has 0 unspecified atom stereocenters. The third-order valence-corrected chi connectivity index (χ3v) is 3.80. The quantitative estimate of drug-likeness (QED) is 0.575. The SMILES string of the molecule is CN(C)c1nc2nc(n1)OCCOCCOc1nc(nc(N(C)C)n1)OCCOCCO2. The van der Waals surface area contributed by atoms with Crippen LogP contribution in [0.15, 0.2) is 0 Å². The van der Waals surface area contributed by atoms with Crippen molar-refractivity contribution in [3.8, 4) is 24.0 Å². The van der Waals surface area contributed by atoms with E-state index in [4.69, 9.17) is 28.4 Å². The molecule has 0 aliphatic carbocycles. The molecule has 0 saturated carbocycles. The molecule has 3 rings (SSSR count). The number of hydrogen-bond acceptors (Lipinski definition) is 14. The van der Waals surface area contributed by atoms with E-state index in [1.165, 1.54) is 0 Å². The molecule has 4 bridgehead atoms. The second-order valence-corrected chi connectivity index (χ2v) is 6.81. The van der Waals surface area contributed by atoms with E-state index in [1.54, 1.807) is 9.80 Å². The second kappa shape index (κ2) is 12.0. The van der Waals surface area contributed by atoms with Gasteiger partial charge in [0.15, 0.2) is 0 Å². The maximum Gasteiger partial charge on any atom is 0.324 e. The first-order chi connectivity index (χ1) is 15.5. The third kappa shape index (κ3) is 7.46. The van der Waals surface area contributed by atoms with Crippen molar-refractivity contribution in [2.24, 2.45) is 0 Å². The maximum absolute atomic E-state index is 5.58. The molecule has 3 heterocycles. The van der Waals surface area contributed by atoms with Crippen LogP contribution in [0.4, 0.5) is 11.9 Å². The largest absolute Gasteiger partial charge is 0.461 e. The Balaban J connectivity index is 1.64. The van der Waals surface area contributed by atoms with Gasteiger partial charge in [0.25, 0.3) is 0 Å². The van der Waals surface area contributed by atoms with Gasteiger partial charge in [0, 0.05) is 28.2 Å². The lowest BCUT2D eigenvalue weighted by Crippen LogP contribution is -2.19. The van der Waals surface area contributed by atoms with Crippen molar-refractivity contribution < 1.29 is 28.4 Å². The summed E-state index contributed by atoms with van der Waals surface area (Å²) in [5.41, 5.74) is 0. The summed E-state index contributed by atoms with van der Waals surface area (Å²) in [4.78, 5) is 28.7. The first kappa shape index (κ1) is 23.4. The van der Waals surface area contributed by atoms with Gasteiger partial charge in [-0.15, -0.1) is 9.97 Å². The topological polar surface area (TPSA) is 139 Å². The Kier molecular flexibility index (Phi) is 8.74. The lowest BCUT2D eigenvalue weighted by atomic mass is 10.7. The normalized spacial score (nSPS) is 15.9. The minimum absolute atomic E-state index is 0.149. The highest BCUT2D eigenvalue weighted by Gasteiger charge is 2.12. The molecule has 0 N–H and O–H groups in total. The van der Waals surface area contributed by atoms with E-state index in [0.29, 0.717) is 38.3 Å². The molecule has 32 heavy (non-hydrogen) atoms. The van der Waals surface area contributed by atoms with Crippen LogP contribution >= 0.6 is 0 Å². The molecule has 1 aliphatic rings. The van der Waals surface area contributed by atoms with Crippen molar-refractivity contribution in [3.05, 3.63) is 0 Å². The van der Waals surface area contributed by atoms with Gasteiger partial charge in [0.05, 0.1) is 26.4 Å². The molecule has 14 nitrogen and oxygen atoms in total. The fourth-order valence-electron chi connectivity index (χ4n) is 2.29. The number of nitrogens with zero attached hydrogens (tertiary/aromatic N) is 8. The lowest BCUT2D eigenvalue weighted by Gasteiger charge is -2.14. The summed E-state index contributed by atoms with van der Waals surface area (Å²) in [7, 11) is 7.26. The zero-order valence-corrected chi connectivity index (χ0v) is 18.7. The molecular formula is C18H28N8O6. The van der Waals surface area contributed by atoms with Crippen molar-refractivity contribution in [3.63, 3.8) is 0 Å². The molecule has 2 aromatic heterocycles. The van der Waals surface area contributed by atoms with E-state index in [9.17, 15) is 0 Å². The number of ether oxygens (including phenoxy) is 6. The maximum atomic E-state index is 5.58. The molecule has 1 aliphatic heterocycles. The van der Waals surface area contributed by atoms with Crippen LogP contribution in [0.25, 0.3) is 0 Å². The molecule has 2 aromatic rings. The van der Waals surface area contributed by atoms with Crippen LogP contribution in [0.1, 0.15) is 0 Å². The molecule has 0 aromatic carbocycles. The van der Waals surface area contributed by atoms with Crippen LogP contribution in [-0.4, -0.2) is 111 Å². The van der Waals surface area contributed by atoms with Crippen molar-refractivity contribution in [2.75, 3.05) is 90.8 Å². The van der Waals surface area contributed by atoms with Crippen LogP contribution in [0, 0.1) is 0 Å². The first-order valence-electron chi connectivity index (χ1n) is 10.0. The van der Waals surface area contributed by atoms with Crippen LogP contribution < -0.4 is 28.7 Å². The molecule has 0 atom stereocenters. The standard InChI is InChI=1S/C18H28N8O6/c1-25(2)13-19-15-23-16(20-13)30-10-6-28-8-12-32-18-22-14(26(3)4)21-17(24-18)31-11-7-27-5-9-29-15/h5-12H2,1-4H3. The van der Waals surface area contributed by atoms with Crippen molar-refractivity contribution >= 4 is 11.9 Å². The Hall–Kier alpha value is -3.26. The van der Waals surface area contributed by atoms with Gasteiger partial charge in [-0.05, 0) is 0 Å². The molecular weight excluding hydrogens is 424 g/mol. The van der Waals surface area contributed by atoms with E-state index >= 15 is 0 Å². The van der Waals surface area contributed by atoms with E-state index in [2.05, 4.69) is 29.9 Å². The van der Waals surface area contributed by atoms with Crippen molar-refractivity contribution in [1.82, 2.24) is 29.9 Å². The Labute approximate surface area is 185 Å². The number of hydrogen-bond donors (Lipinski definition) is 0. The Morgan fingerprint density at radius 3 is 0.969 bits per heavy atom. The highest BCUT2D eigenvalue weighted by atomic mass is 16.6. The van der Waals surface area contributed by atoms with Crippen LogP contribution in [-0.2, 0) is 9.47 Å². The number of anilines is 2. The fraction of sp³-hybridized carbons (Fsp3) is 0.667. The summed E-state index contributed by atoms with van der Waals surface area (Å²) >= 11 is 0. The molecule has 0 spiro atoms. The first-order valence-corrected chi connectivity index (χ1v) is 10.0. The fourth-order valence-corrected chi connectivity index (χ4v) is 2.29. The van der Waals surface area contributed by atoms with Crippen LogP contribution in [0.3, 0.4) is 0 Å². The van der Waals surface area contributed by atoms with Crippen molar-refractivity contribution in [1.29, 1.82) is 0 Å². The molecule has 0 fully saturated rings. The Morgan fingerprint density at radius 2 is 0.719 bits per heavy atom. The number of fused-ring (bicyclic) bond motifs is 4. The van der Waals surface area contributed by atoms with Crippen molar-refractivity contribution in [2.45, 2.75) is 0 Å². The zero-order chi connectivity index (χ0) is 22.8. The highest BCUT2D eigenvalue weighted by molar-refractivity contribution is 5.30. The van der Waals surface area contributed by atoms with Gasteiger partial charge in [-0.2, -0.15) is 19.9 Å². The summed E-state index contributed by atoms with van der Waals surface area (Å²) in [5.74, 6) is 0.836. The third-order valence-electron chi connectivity index (χ3n) is 3.80. The second-order valence-electron chi connectivity index (χ2n) is 6.81. The summed E-state index contributed by atoms with van der Waals surface area (Å²) in [6, 6.07) is 0.597. The number of aromatic nitrogens is 6. The zero-order valence-electron chi connectivity index (χ0n) is 18.7. The van der Waals surface area contributed by atoms with Crippen LogP contribution in [0.5, 0.6) is 24.0 Å². The average Bonchev–Trinajstić information content (AvgIpc) is 2.77. The lowest BCUT2D eigenvalue weighted by molar-refractivity contribution is 0.0650. The van der Waals surface area contributed by atoms with E-state index in [-0.39, 0.29) is 50.5 Å². The molecule has 176 valence electrons. The predicted molar refractivity (Wildman–Crippen MR) is 112 cm³/mol. The summed E-state index contributed by atoms with van der Waals surface area (Å²) in [6.07, 6.45) is 0. The minimum Gasteiger partial charge on any atom is -0.461 e. The van der Waals surface area contributed by atoms with Gasteiger partial charge in [-0.1, -0.05) is 0 Å². The van der Waals surface area contributed by atoms with E-state index in [0.717, 1.165) is 0 Å². The Morgan fingerprint density at radius 1 is 0.438 bits per heavy atom. The van der Waals surface area contributed by atoms with Crippen LogP contribution in [0.2, 0.25) is 0 Å². The smallest absolute Gasteiger partial charge is 0.324 e. The van der Waals surface area contributed by atoms with Gasteiger partial charge < -0.3 is 38.2 Å².